The molecule has 2 aromatic rings. The second-order valence-corrected chi connectivity index (χ2v) is 8.78. The van der Waals surface area contributed by atoms with Crippen molar-refractivity contribution >= 4 is 0 Å². The Balaban J connectivity index is 1.88. The van der Waals surface area contributed by atoms with Crippen LogP contribution in [0.5, 0.6) is 11.5 Å². The van der Waals surface area contributed by atoms with Gasteiger partial charge >= 0.3 is 0 Å². The van der Waals surface area contributed by atoms with Crippen molar-refractivity contribution in [3.8, 4) is 11.5 Å². The van der Waals surface area contributed by atoms with Crippen LogP contribution in [0.25, 0.3) is 0 Å². The average Bonchev–Trinajstić information content (AvgIpc) is 2.66. The van der Waals surface area contributed by atoms with E-state index in [1.54, 1.807) is 0 Å². The van der Waals surface area contributed by atoms with Gasteiger partial charge in [-0.2, -0.15) is 0 Å². The fraction of sp³-hybridized carbons (Fsp3) is 0.538. The van der Waals surface area contributed by atoms with Gasteiger partial charge < -0.3 is 14.2 Å². The summed E-state index contributed by atoms with van der Waals surface area (Å²) < 4.78 is 17.8. The standard InChI is InChI=1S/C26H38O3/c1-7-27-23-13-9-11-21(19-23)15-17-25(3,4)29-26(5,6)18-16-22-12-10-14-24(20-22)28-8-2/h9-14,19-20H,7-8,15-18H2,1-6H3. The van der Waals surface area contributed by atoms with E-state index in [-0.39, 0.29) is 11.2 Å². The summed E-state index contributed by atoms with van der Waals surface area (Å²) in [5.41, 5.74) is 2.19. The normalized spacial score (nSPS) is 12.1. The zero-order valence-corrected chi connectivity index (χ0v) is 19.1. The van der Waals surface area contributed by atoms with Gasteiger partial charge in [-0.05, 0) is 103 Å². The molecule has 0 saturated heterocycles. The van der Waals surface area contributed by atoms with Crippen molar-refractivity contribution in [2.75, 3.05) is 13.2 Å². The van der Waals surface area contributed by atoms with Crippen LogP contribution in [0.3, 0.4) is 0 Å². The highest BCUT2D eigenvalue weighted by atomic mass is 16.5. The zero-order valence-electron chi connectivity index (χ0n) is 19.1. The maximum absolute atomic E-state index is 6.56. The minimum atomic E-state index is -0.196. The lowest BCUT2D eigenvalue weighted by molar-refractivity contribution is -0.128. The molecule has 0 aliphatic carbocycles. The molecule has 0 bridgehead atoms. The second-order valence-electron chi connectivity index (χ2n) is 8.78. The summed E-state index contributed by atoms with van der Waals surface area (Å²) in [5, 5.41) is 0. The molecule has 3 heteroatoms. The molecule has 29 heavy (non-hydrogen) atoms. The topological polar surface area (TPSA) is 27.7 Å². The third-order valence-corrected chi connectivity index (χ3v) is 5.00. The lowest BCUT2D eigenvalue weighted by atomic mass is 9.94. The predicted octanol–water partition coefficient (Wildman–Crippen LogP) is 6.62. The van der Waals surface area contributed by atoms with E-state index in [2.05, 4.69) is 64.1 Å². The number of hydrogen-bond donors (Lipinski definition) is 0. The van der Waals surface area contributed by atoms with Gasteiger partial charge in [0.15, 0.2) is 0 Å². The van der Waals surface area contributed by atoms with Gasteiger partial charge in [-0.15, -0.1) is 0 Å². The van der Waals surface area contributed by atoms with Crippen LogP contribution in [-0.2, 0) is 17.6 Å². The van der Waals surface area contributed by atoms with Crippen LogP contribution in [0.2, 0.25) is 0 Å². The highest BCUT2D eigenvalue weighted by Gasteiger charge is 2.29. The number of benzene rings is 2. The number of hydrogen-bond acceptors (Lipinski definition) is 3. The van der Waals surface area contributed by atoms with Crippen molar-refractivity contribution in [2.45, 2.75) is 78.4 Å². The van der Waals surface area contributed by atoms with E-state index in [0.717, 1.165) is 37.2 Å². The van der Waals surface area contributed by atoms with Crippen molar-refractivity contribution < 1.29 is 14.2 Å². The minimum absolute atomic E-state index is 0.196. The molecule has 0 heterocycles. The molecule has 2 rings (SSSR count). The van der Waals surface area contributed by atoms with Crippen molar-refractivity contribution in [3.63, 3.8) is 0 Å². The molecule has 0 amide bonds. The SMILES string of the molecule is CCOc1cccc(CCC(C)(C)OC(C)(C)CCc2cccc(OCC)c2)c1. The summed E-state index contributed by atoms with van der Waals surface area (Å²) in [7, 11) is 0. The van der Waals surface area contributed by atoms with Crippen LogP contribution < -0.4 is 9.47 Å². The minimum Gasteiger partial charge on any atom is -0.494 e. The van der Waals surface area contributed by atoms with Crippen molar-refractivity contribution in [2.24, 2.45) is 0 Å². The molecule has 160 valence electrons. The Hall–Kier alpha value is -2.00. The van der Waals surface area contributed by atoms with Gasteiger partial charge in [-0.25, -0.2) is 0 Å². The quantitative estimate of drug-likeness (QED) is 0.402. The monoisotopic (exact) mass is 398 g/mol. The van der Waals surface area contributed by atoms with E-state index < -0.39 is 0 Å². The molecule has 0 saturated carbocycles. The largest absolute Gasteiger partial charge is 0.494 e. The average molecular weight is 399 g/mol. The Kier molecular flexibility index (Phi) is 8.58. The van der Waals surface area contributed by atoms with Crippen LogP contribution in [0.1, 0.15) is 65.5 Å². The van der Waals surface area contributed by atoms with E-state index in [4.69, 9.17) is 14.2 Å². The highest BCUT2D eigenvalue weighted by Crippen LogP contribution is 2.29. The van der Waals surface area contributed by atoms with Crippen LogP contribution in [0.15, 0.2) is 48.5 Å². The molecule has 0 atom stereocenters. The predicted molar refractivity (Wildman–Crippen MR) is 121 cm³/mol. The Morgan fingerprint density at radius 2 is 1.07 bits per heavy atom. The third-order valence-electron chi connectivity index (χ3n) is 5.00. The second kappa shape index (κ2) is 10.7. The lowest BCUT2D eigenvalue weighted by Crippen LogP contribution is -2.37. The first-order valence-corrected chi connectivity index (χ1v) is 10.9. The van der Waals surface area contributed by atoms with Crippen molar-refractivity contribution in [3.05, 3.63) is 59.7 Å². The molecule has 0 N–H and O–H groups in total. The first-order chi connectivity index (χ1) is 13.7. The molecule has 0 unspecified atom stereocenters. The first kappa shape index (κ1) is 23.3. The summed E-state index contributed by atoms with van der Waals surface area (Å²) in [6, 6.07) is 16.7. The molecule has 3 nitrogen and oxygen atoms in total. The number of aryl methyl sites for hydroxylation is 2. The lowest BCUT2D eigenvalue weighted by Gasteiger charge is -2.36. The Morgan fingerprint density at radius 3 is 1.45 bits per heavy atom. The fourth-order valence-corrected chi connectivity index (χ4v) is 3.66. The van der Waals surface area contributed by atoms with E-state index in [1.165, 1.54) is 11.1 Å². The summed E-state index contributed by atoms with van der Waals surface area (Å²) in [5.74, 6) is 1.89. The molecule has 0 fully saturated rings. The zero-order chi connectivity index (χ0) is 21.3. The Labute approximate surface area is 177 Å². The Morgan fingerprint density at radius 1 is 0.655 bits per heavy atom. The van der Waals surface area contributed by atoms with Gasteiger partial charge in [0.2, 0.25) is 0 Å². The van der Waals surface area contributed by atoms with Crippen LogP contribution in [0, 0.1) is 0 Å². The summed E-state index contributed by atoms with van der Waals surface area (Å²) in [6.45, 7) is 14.2. The summed E-state index contributed by atoms with van der Waals surface area (Å²) in [6.07, 6.45) is 3.87. The maximum atomic E-state index is 6.56. The smallest absolute Gasteiger partial charge is 0.119 e. The molecule has 2 aromatic carbocycles. The van der Waals surface area contributed by atoms with Gasteiger partial charge in [0.25, 0.3) is 0 Å². The molecular weight excluding hydrogens is 360 g/mol. The van der Waals surface area contributed by atoms with Gasteiger partial charge in [0, 0.05) is 0 Å². The highest BCUT2D eigenvalue weighted by molar-refractivity contribution is 5.29. The van der Waals surface area contributed by atoms with Crippen molar-refractivity contribution in [1.29, 1.82) is 0 Å². The van der Waals surface area contributed by atoms with E-state index in [0.29, 0.717) is 13.2 Å². The van der Waals surface area contributed by atoms with Crippen LogP contribution in [0.4, 0.5) is 0 Å². The third kappa shape index (κ3) is 8.49. The molecule has 0 aromatic heterocycles. The van der Waals surface area contributed by atoms with Crippen LogP contribution >= 0.6 is 0 Å². The van der Waals surface area contributed by atoms with Crippen LogP contribution in [-0.4, -0.2) is 24.4 Å². The summed E-state index contributed by atoms with van der Waals surface area (Å²) in [4.78, 5) is 0. The Bertz CT molecular complexity index is 686. The van der Waals surface area contributed by atoms with Gasteiger partial charge in [0.05, 0.1) is 24.4 Å². The number of ether oxygens (including phenoxy) is 3. The molecule has 0 aliphatic heterocycles. The van der Waals surface area contributed by atoms with E-state index >= 15 is 0 Å². The van der Waals surface area contributed by atoms with E-state index in [9.17, 15) is 0 Å². The maximum Gasteiger partial charge on any atom is 0.119 e. The van der Waals surface area contributed by atoms with Crippen molar-refractivity contribution in [1.82, 2.24) is 0 Å². The molecule has 0 aliphatic rings. The number of rotatable bonds is 12. The summed E-state index contributed by atoms with van der Waals surface area (Å²) >= 11 is 0. The first-order valence-electron chi connectivity index (χ1n) is 10.9. The molecular formula is C26H38O3. The molecule has 0 spiro atoms. The van der Waals surface area contributed by atoms with Gasteiger partial charge in [-0.1, -0.05) is 24.3 Å². The van der Waals surface area contributed by atoms with Gasteiger partial charge in [0.1, 0.15) is 11.5 Å². The fourth-order valence-electron chi connectivity index (χ4n) is 3.66. The van der Waals surface area contributed by atoms with Gasteiger partial charge in [-0.3, -0.25) is 0 Å². The molecule has 0 radical (unpaired) electrons. The van der Waals surface area contributed by atoms with E-state index in [1.807, 2.05) is 26.0 Å².